The number of benzene rings is 4. The van der Waals surface area contributed by atoms with Gasteiger partial charge in [-0.1, -0.05) is 107 Å². The lowest BCUT2D eigenvalue weighted by atomic mass is 9.86. The average Bonchev–Trinajstić information content (AvgIpc) is 3.92. The second kappa shape index (κ2) is 16.9. The Hall–Kier alpha value is -4.92. The molecule has 0 saturated carbocycles. The molecule has 4 aromatic rings. The highest BCUT2D eigenvalue weighted by Gasteiger charge is 2.27. The zero-order valence-electron chi connectivity index (χ0n) is 36.9. The summed E-state index contributed by atoms with van der Waals surface area (Å²) in [7, 11) is 1.64. The molecule has 4 heterocycles. The molecule has 0 N–H and O–H groups in total. The highest BCUT2D eigenvalue weighted by molar-refractivity contribution is 5.56. The number of hydrogen-bond acceptors (Lipinski definition) is 9. The van der Waals surface area contributed by atoms with Crippen LogP contribution in [0.5, 0.6) is 51.7 Å². The molecule has 9 heteroatoms. The molecule has 0 radical (unpaired) electrons. The summed E-state index contributed by atoms with van der Waals surface area (Å²) in [4.78, 5) is 0. The van der Waals surface area contributed by atoms with Crippen LogP contribution in [0.1, 0.15) is 116 Å². The summed E-state index contributed by atoms with van der Waals surface area (Å²) < 4.78 is 48.7. The van der Waals surface area contributed by atoms with Crippen molar-refractivity contribution in [1.29, 1.82) is 0 Å². The molecule has 310 valence electrons. The van der Waals surface area contributed by atoms with Gasteiger partial charge in [0.1, 0.15) is 13.2 Å². The summed E-state index contributed by atoms with van der Waals surface area (Å²) in [5.41, 5.74) is 7.80. The van der Waals surface area contributed by atoms with Gasteiger partial charge in [-0.05, 0) is 93.7 Å². The zero-order chi connectivity index (χ0) is 41.9. The van der Waals surface area contributed by atoms with Gasteiger partial charge in [-0.3, -0.25) is 0 Å². The van der Waals surface area contributed by atoms with Crippen molar-refractivity contribution in [2.75, 3.05) is 40.7 Å². The van der Waals surface area contributed by atoms with Gasteiger partial charge in [0.15, 0.2) is 46.0 Å². The van der Waals surface area contributed by atoms with Gasteiger partial charge in [-0.25, -0.2) is 0 Å². The van der Waals surface area contributed by atoms with Crippen LogP contribution in [0.25, 0.3) is 0 Å². The van der Waals surface area contributed by atoms with Gasteiger partial charge >= 0.3 is 0 Å². The first-order valence-electron chi connectivity index (χ1n) is 19.8. The van der Waals surface area contributed by atoms with Gasteiger partial charge in [0.05, 0.1) is 7.11 Å². The predicted molar refractivity (Wildman–Crippen MR) is 226 cm³/mol. The lowest BCUT2D eigenvalue weighted by Crippen LogP contribution is -2.18. The third kappa shape index (κ3) is 10.5. The minimum Gasteiger partial charge on any atom is -0.493 e. The van der Waals surface area contributed by atoms with Gasteiger partial charge in [0.2, 0.25) is 26.1 Å². The molecule has 0 unspecified atom stereocenters. The summed E-state index contributed by atoms with van der Waals surface area (Å²) in [6, 6.07) is 18.6. The smallest absolute Gasteiger partial charge is 0.231 e. The van der Waals surface area contributed by atoms with Crippen molar-refractivity contribution in [1.82, 2.24) is 0 Å². The molecule has 0 fully saturated rings. The number of methoxy groups -OCH3 is 1. The van der Waals surface area contributed by atoms with E-state index in [1.54, 1.807) is 7.11 Å². The van der Waals surface area contributed by atoms with Crippen molar-refractivity contribution >= 4 is 0 Å². The van der Waals surface area contributed by atoms with Crippen molar-refractivity contribution in [2.45, 2.75) is 119 Å². The zero-order valence-corrected chi connectivity index (χ0v) is 36.9. The number of aryl methyl sites for hydroxylation is 2. The Morgan fingerprint density at radius 3 is 1.35 bits per heavy atom. The second-order valence-corrected chi connectivity index (χ2v) is 18.8. The van der Waals surface area contributed by atoms with Crippen molar-refractivity contribution < 1.29 is 42.6 Å². The lowest BCUT2D eigenvalue weighted by Gasteiger charge is -2.25. The molecule has 0 aromatic heterocycles. The highest BCUT2D eigenvalue weighted by atomic mass is 16.7. The minimum absolute atomic E-state index is 0.0776. The van der Waals surface area contributed by atoms with Gasteiger partial charge in [0, 0.05) is 5.56 Å². The van der Waals surface area contributed by atoms with Crippen LogP contribution in [0.4, 0.5) is 0 Å². The molecule has 0 atom stereocenters. The van der Waals surface area contributed by atoms with Crippen LogP contribution >= 0.6 is 0 Å². The summed E-state index contributed by atoms with van der Waals surface area (Å²) in [5.74, 6) is 7.61. The van der Waals surface area contributed by atoms with E-state index in [0.717, 1.165) is 57.1 Å². The molecule has 0 spiro atoms. The normalized spacial score (nSPS) is 14.6. The van der Waals surface area contributed by atoms with Crippen LogP contribution in [0.2, 0.25) is 0 Å². The first-order valence-corrected chi connectivity index (χ1v) is 19.8. The van der Waals surface area contributed by atoms with Gasteiger partial charge in [-0.15, -0.1) is 0 Å². The van der Waals surface area contributed by atoms with Crippen LogP contribution in [-0.2, 0) is 21.7 Å². The fourth-order valence-corrected chi connectivity index (χ4v) is 6.46. The van der Waals surface area contributed by atoms with E-state index < -0.39 is 0 Å². The largest absolute Gasteiger partial charge is 0.493 e. The lowest BCUT2D eigenvalue weighted by molar-refractivity contribution is 0.170. The number of fused-ring (bicyclic) bond motifs is 4. The van der Waals surface area contributed by atoms with E-state index >= 15 is 0 Å². The van der Waals surface area contributed by atoms with Crippen molar-refractivity contribution in [3.05, 3.63) is 88.0 Å². The molecule has 0 aliphatic carbocycles. The first kappa shape index (κ1) is 43.2. The fraction of sp³-hybridized carbons (Fsp3) is 0.500. The first-order chi connectivity index (χ1) is 26.6. The van der Waals surface area contributed by atoms with Crippen LogP contribution in [-0.4, -0.2) is 40.7 Å². The van der Waals surface area contributed by atoms with Gasteiger partial charge < -0.3 is 42.6 Å². The molecular weight excluding hydrogens is 721 g/mol. The number of ether oxygens (including phenoxy) is 9. The summed E-state index contributed by atoms with van der Waals surface area (Å²) in [6.07, 6.45) is 0. The Balaban J connectivity index is 0.000000145. The molecule has 9 nitrogen and oxygen atoms in total. The Labute approximate surface area is 340 Å². The van der Waals surface area contributed by atoms with Crippen LogP contribution in [0.3, 0.4) is 0 Å². The Bertz CT molecular complexity index is 2010. The molecule has 4 aliphatic rings. The summed E-state index contributed by atoms with van der Waals surface area (Å²) in [6.45, 7) is 32.6. The van der Waals surface area contributed by atoms with Crippen molar-refractivity contribution in [3.63, 3.8) is 0 Å². The molecule has 4 aliphatic heterocycles. The molecule has 8 rings (SSSR count). The molecule has 57 heavy (non-hydrogen) atoms. The van der Waals surface area contributed by atoms with E-state index in [4.69, 9.17) is 42.6 Å². The molecule has 4 aromatic carbocycles. The maximum absolute atomic E-state index is 5.62. The van der Waals surface area contributed by atoms with Crippen LogP contribution in [0.15, 0.2) is 54.6 Å². The van der Waals surface area contributed by atoms with Crippen LogP contribution < -0.4 is 42.6 Å². The third-order valence-electron chi connectivity index (χ3n) is 9.95. The van der Waals surface area contributed by atoms with Crippen molar-refractivity contribution in [2.24, 2.45) is 0 Å². The maximum Gasteiger partial charge on any atom is 0.231 e. The quantitative estimate of drug-likeness (QED) is 0.187. The van der Waals surface area contributed by atoms with Gasteiger partial charge in [0.25, 0.3) is 0 Å². The van der Waals surface area contributed by atoms with E-state index in [2.05, 4.69) is 127 Å². The maximum atomic E-state index is 5.62. The number of rotatable bonds is 1. The van der Waals surface area contributed by atoms with Crippen molar-refractivity contribution in [3.8, 4) is 51.7 Å². The molecule has 0 bridgehead atoms. The second-order valence-electron chi connectivity index (χ2n) is 18.8. The minimum atomic E-state index is 0.0776. The van der Waals surface area contributed by atoms with E-state index in [-0.39, 0.29) is 28.5 Å². The van der Waals surface area contributed by atoms with E-state index in [1.807, 2.05) is 24.3 Å². The Morgan fingerprint density at radius 2 is 0.842 bits per heavy atom. The Kier molecular flexibility index (Phi) is 12.8. The molecular formula is C48H64O9. The number of hydrogen-bond donors (Lipinski definition) is 0. The molecule has 0 amide bonds. The summed E-state index contributed by atoms with van der Waals surface area (Å²) in [5, 5.41) is 0. The van der Waals surface area contributed by atoms with E-state index in [0.29, 0.717) is 32.5 Å². The molecule has 0 saturated heterocycles. The topological polar surface area (TPSA) is 83.1 Å². The van der Waals surface area contributed by atoms with Gasteiger partial charge in [-0.2, -0.15) is 0 Å². The van der Waals surface area contributed by atoms with E-state index in [1.165, 1.54) is 22.3 Å². The van der Waals surface area contributed by atoms with E-state index in [9.17, 15) is 0 Å². The summed E-state index contributed by atoms with van der Waals surface area (Å²) >= 11 is 0. The van der Waals surface area contributed by atoms with Crippen LogP contribution in [0, 0.1) is 13.8 Å². The highest BCUT2D eigenvalue weighted by Crippen LogP contribution is 2.45. The predicted octanol–water partition coefficient (Wildman–Crippen LogP) is 11.5. The SMILES string of the molecule is CC(C)(C)c1cccc2c1OCO2.COc1cc(C(C)(C)C)cc2c1OCO2.Cc1cc(C(C)(C)C)cc2c1OCCO2.Cc1cc(C(C)(C)C)cc2c1OCO2. The monoisotopic (exact) mass is 784 g/mol. The standard InChI is InChI=1S/C13H18O2.C12H16O3.C12H16O2.C11H14O2/c1-9-7-10(13(2,3)4)8-11-12(9)15-6-5-14-11;1-12(2,3)8-5-9(13-4)11-10(6-8)14-7-15-11;1-8-5-9(12(2,3)4)6-10-11(8)14-7-13-10;1-11(2,3)8-5-4-6-9-10(8)13-7-12-9/h7-8H,5-6H2,1-4H3;5-6H,7H2,1-4H3;5-6H,7H2,1-4H3;4-6H,7H2,1-3H3. The number of para-hydroxylation sites is 1. The Morgan fingerprint density at radius 1 is 0.421 bits per heavy atom. The fourth-order valence-electron chi connectivity index (χ4n) is 6.46. The third-order valence-corrected chi connectivity index (χ3v) is 9.95. The average molecular weight is 785 g/mol.